The van der Waals surface area contributed by atoms with Crippen LogP contribution in [-0.4, -0.2) is 26.3 Å². The Labute approximate surface area is 103 Å². The van der Waals surface area contributed by atoms with Crippen molar-refractivity contribution in [2.24, 2.45) is 11.8 Å². The lowest BCUT2D eigenvalue weighted by Crippen LogP contribution is -2.30. The van der Waals surface area contributed by atoms with Gasteiger partial charge in [-0.2, -0.15) is 0 Å². The largest absolute Gasteiger partial charge is 0.324 e. The summed E-state index contributed by atoms with van der Waals surface area (Å²) in [6, 6.07) is 6.36. The van der Waals surface area contributed by atoms with Gasteiger partial charge < -0.3 is 5.43 Å². The van der Waals surface area contributed by atoms with Gasteiger partial charge in [0.25, 0.3) is 0 Å². The Balaban J connectivity index is 2.96. The van der Waals surface area contributed by atoms with Crippen molar-refractivity contribution in [3.05, 3.63) is 24.3 Å². The first-order valence-electron chi connectivity index (χ1n) is 5.41. The van der Waals surface area contributed by atoms with Crippen molar-refractivity contribution < 1.29 is 8.42 Å². The SMILES string of the molecule is CC(C)CN(C)S(=O)(=O)c1ccc(NN)cc1. The van der Waals surface area contributed by atoms with Crippen molar-refractivity contribution in [3.8, 4) is 0 Å². The first-order chi connectivity index (χ1) is 7.87. The van der Waals surface area contributed by atoms with Crippen LogP contribution in [0.5, 0.6) is 0 Å². The molecule has 1 rings (SSSR count). The molecule has 0 saturated carbocycles. The van der Waals surface area contributed by atoms with Crippen LogP contribution in [0.2, 0.25) is 0 Å². The second-order valence-electron chi connectivity index (χ2n) is 4.35. The molecule has 0 saturated heterocycles. The number of nitrogens with one attached hydrogen (secondary N) is 1. The molecule has 96 valence electrons. The maximum Gasteiger partial charge on any atom is 0.242 e. The smallest absolute Gasteiger partial charge is 0.242 e. The molecule has 0 heterocycles. The third-order valence-electron chi connectivity index (χ3n) is 2.35. The molecule has 6 heteroatoms. The maximum absolute atomic E-state index is 12.1. The van der Waals surface area contributed by atoms with Crippen LogP contribution in [0.15, 0.2) is 29.2 Å². The van der Waals surface area contributed by atoms with Crippen LogP contribution in [-0.2, 0) is 10.0 Å². The second-order valence-corrected chi connectivity index (χ2v) is 6.39. The van der Waals surface area contributed by atoms with E-state index in [1.54, 1.807) is 31.3 Å². The average Bonchev–Trinajstić information content (AvgIpc) is 2.28. The van der Waals surface area contributed by atoms with Crippen molar-refractivity contribution in [1.82, 2.24) is 4.31 Å². The Morgan fingerprint density at radius 2 is 1.82 bits per heavy atom. The molecule has 3 N–H and O–H groups in total. The predicted octanol–water partition coefficient (Wildman–Crippen LogP) is 1.25. The van der Waals surface area contributed by atoms with E-state index < -0.39 is 10.0 Å². The monoisotopic (exact) mass is 257 g/mol. The zero-order valence-electron chi connectivity index (χ0n) is 10.3. The molecule has 17 heavy (non-hydrogen) atoms. The van der Waals surface area contributed by atoms with Crippen molar-refractivity contribution >= 4 is 15.7 Å². The Morgan fingerprint density at radius 3 is 2.24 bits per heavy atom. The normalized spacial score (nSPS) is 12.1. The van der Waals surface area contributed by atoms with Gasteiger partial charge in [-0.1, -0.05) is 13.8 Å². The van der Waals surface area contributed by atoms with E-state index in [4.69, 9.17) is 5.84 Å². The molecule has 0 aliphatic heterocycles. The topological polar surface area (TPSA) is 75.4 Å². The summed E-state index contributed by atoms with van der Waals surface area (Å²) in [5.74, 6) is 5.52. The summed E-state index contributed by atoms with van der Waals surface area (Å²) in [5, 5.41) is 0. The number of rotatable bonds is 5. The zero-order valence-corrected chi connectivity index (χ0v) is 11.2. The fourth-order valence-corrected chi connectivity index (χ4v) is 2.85. The van der Waals surface area contributed by atoms with Gasteiger partial charge in [0.1, 0.15) is 0 Å². The summed E-state index contributed by atoms with van der Waals surface area (Å²) < 4.78 is 25.6. The molecule has 0 amide bonds. The summed E-state index contributed by atoms with van der Waals surface area (Å²) >= 11 is 0. The molecule has 0 unspecified atom stereocenters. The highest BCUT2D eigenvalue weighted by Gasteiger charge is 2.20. The van der Waals surface area contributed by atoms with E-state index in [0.29, 0.717) is 18.2 Å². The average molecular weight is 257 g/mol. The Kier molecular flexibility index (Phi) is 4.50. The Morgan fingerprint density at radius 1 is 1.29 bits per heavy atom. The van der Waals surface area contributed by atoms with Gasteiger partial charge in [0.05, 0.1) is 4.90 Å². The summed E-state index contributed by atoms with van der Waals surface area (Å²) in [7, 11) is -1.81. The van der Waals surface area contributed by atoms with Gasteiger partial charge in [0.2, 0.25) is 10.0 Å². The van der Waals surface area contributed by atoms with E-state index in [1.165, 1.54) is 4.31 Å². The predicted molar refractivity (Wildman–Crippen MR) is 68.9 cm³/mol. The summed E-state index contributed by atoms with van der Waals surface area (Å²) in [6.45, 7) is 4.46. The van der Waals surface area contributed by atoms with E-state index in [2.05, 4.69) is 5.43 Å². The number of nitrogens with two attached hydrogens (primary N) is 1. The molecule has 0 radical (unpaired) electrons. The molecular formula is C11H19N3O2S. The number of hydrogen-bond acceptors (Lipinski definition) is 4. The first-order valence-corrected chi connectivity index (χ1v) is 6.85. The first kappa shape index (κ1) is 14.0. The van der Waals surface area contributed by atoms with Gasteiger partial charge in [-0.15, -0.1) is 0 Å². The fraction of sp³-hybridized carbons (Fsp3) is 0.455. The third kappa shape index (κ3) is 3.42. The van der Waals surface area contributed by atoms with Crippen LogP contribution in [0, 0.1) is 5.92 Å². The van der Waals surface area contributed by atoms with E-state index in [0.717, 1.165) is 0 Å². The number of benzene rings is 1. The minimum Gasteiger partial charge on any atom is -0.324 e. The standard InChI is InChI=1S/C11H19N3O2S/c1-9(2)8-14(3)17(15,16)11-6-4-10(13-12)5-7-11/h4-7,9,13H,8,12H2,1-3H3. The molecule has 0 spiro atoms. The molecular weight excluding hydrogens is 238 g/mol. The number of nitrogen functional groups attached to an aromatic ring is 1. The van der Waals surface area contributed by atoms with Crippen molar-refractivity contribution in [1.29, 1.82) is 0 Å². The third-order valence-corrected chi connectivity index (χ3v) is 4.19. The number of anilines is 1. The van der Waals surface area contributed by atoms with Gasteiger partial charge in [0, 0.05) is 19.3 Å². The molecule has 1 aromatic carbocycles. The van der Waals surface area contributed by atoms with E-state index >= 15 is 0 Å². The van der Waals surface area contributed by atoms with Gasteiger partial charge in [-0.05, 0) is 30.2 Å². The van der Waals surface area contributed by atoms with Crippen molar-refractivity contribution in [2.45, 2.75) is 18.7 Å². The van der Waals surface area contributed by atoms with Gasteiger partial charge in [0.15, 0.2) is 0 Å². The number of hydrogen-bond donors (Lipinski definition) is 2. The van der Waals surface area contributed by atoms with Gasteiger partial charge in [-0.25, -0.2) is 12.7 Å². The summed E-state index contributed by atoms with van der Waals surface area (Å²) in [4.78, 5) is 0.277. The highest BCUT2D eigenvalue weighted by Crippen LogP contribution is 2.17. The van der Waals surface area contributed by atoms with E-state index in [-0.39, 0.29) is 4.90 Å². The second kappa shape index (κ2) is 5.48. The molecule has 0 aromatic heterocycles. The van der Waals surface area contributed by atoms with Crippen LogP contribution >= 0.6 is 0 Å². The van der Waals surface area contributed by atoms with Crippen LogP contribution in [0.25, 0.3) is 0 Å². The van der Waals surface area contributed by atoms with Gasteiger partial charge in [-0.3, -0.25) is 5.84 Å². The van der Waals surface area contributed by atoms with Crippen LogP contribution in [0.1, 0.15) is 13.8 Å². The van der Waals surface area contributed by atoms with Crippen LogP contribution in [0.3, 0.4) is 0 Å². The summed E-state index contributed by atoms with van der Waals surface area (Å²) in [6.07, 6.45) is 0. The van der Waals surface area contributed by atoms with Crippen LogP contribution in [0.4, 0.5) is 5.69 Å². The minimum absolute atomic E-state index is 0.277. The lowest BCUT2D eigenvalue weighted by molar-refractivity contribution is 0.417. The molecule has 5 nitrogen and oxygen atoms in total. The molecule has 0 atom stereocenters. The molecule has 0 fully saturated rings. The highest BCUT2D eigenvalue weighted by molar-refractivity contribution is 7.89. The van der Waals surface area contributed by atoms with E-state index in [9.17, 15) is 8.42 Å². The molecule has 1 aromatic rings. The van der Waals surface area contributed by atoms with Gasteiger partial charge >= 0.3 is 0 Å². The fourth-order valence-electron chi connectivity index (χ4n) is 1.52. The molecule has 0 aliphatic rings. The molecule has 0 bridgehead atoms. The summed E-state index contributed by atoms with van der Waals surface area (Å²) in [5.41, 5.74) is 3.13. The Hall–Kier alpha value is -1.11. The highest BCUT2D eigenvalue weighted by atomic mass is 32.2. The maximum atomic E-state index is 12.1. The number of sulfonamides is 1. The van der Waals surface area contributed by atoms with Crippen molar-refractivity contribution in [2.75, 3.05) is 19.0 Å². The lowest BCUT2D eigenvalue weighted by atomic mass is 10.2. The lowest BCUT2D eigenvalue weighted by Gasteiger charge is -2.19. The minimum atomic E-state index is -3.39. The van der Waals surface area contributed by atoms with Crippen molar-refractivity contribution in [3.63, 3.8) is 0 Å². The molecule has 0 aliphatic carbocycles. The van der Waals surface area contributed by atoms with Crippen LogP contribution < -0.4 is 11.3 Å². The Bertz CT molecular complexity index is 454. The number of nitrogens with zero attached hydrogens (tertiary/aromatic N) is 1. The van der Waals surface area contributed by atoms with E-state index in [1.807, 2.05) is 13.8 Å². The number of hydrazine groups is 1. The quantitative estimate of drug-likeness (QED) is 0.615. The zero-order chi connectivity index (χ0) is 13.1.